The van der Waals surface area contributed by atoms with E-state index < -0.39 is 36.4 Å². The predicted molar refractivity (Wildman–Crippen MR) is 266 cm³/mol. The van der Waals surface area contributed by atoms with Crippen LogP contribution < -0.4 is 10.6 Å². The number of unbranched alkanes of at least 4 members (excludes halogenated alkanes) is 16. The first kappa shape index (κ1) is 56.2. The third-order valence-corrected chi connectivity index (χ3v) is 12.7. The monoisotopic (exact) mass is 945 g/mol. The summed E-state index contributed by atoms with van der Waals surface area (Å²) in [6.45, 7) is -0.0356. The summed E-state index contributed by atoms with van der Waals surface area (Å²) in [5, 5.41) is 23.3. The van der Waals surface area contributed by atoms with E-state index in [0.29, 0.717) is 30.0 Å². The van der Waals surface area contributed by atoms with Crippen molar-refractivity contribution in [3.8, 4) is 0 Å². The molecule has 0 aromatic heterocycles. The zero-order chi connectivity index (χ0) is 48.2. The number of amides is 2. The highest BCUT2D eigenvalue weighted by molar-refractivity contribution is 7.99. The molecule has 0 saturated carbocycles. The van der Waals surface area contributed by atoms with Gasteiger partial charge >= 0.3 is 23.9 Å². The molecule has 2 atom stereocenters. The van der Waals surface area contributed by atoms with Gasteiger partial charge in [0, 0.05) is 48.4 Å². The fourth-order valence-electron chi connectivity index (χ4n) is 7.66. The Hall–Kier alpha value is -5.17. The second-order valence-electron chi connectivity index (χ2n) is 17.4. The molecule has 67 heavy (non-hydrogen) atoms. The summed E-state index contributed by atoms with van der Waals surface area (Å²) in [7, 11) is 0. The molecule has 13 heteroatoms. The normalized spacial score (nSPS) is 11.9. The first-order valence-corrected chi connectivity index (χ1v) is 25.9. The lowest BCUT2D eigenvalue weighted by Gasteiger charge is -2.18. The molecule has 0 radical (unpaired) electrons. The van der Waals surface area contributed by atoms with Crippen LogP contribution in [0.3, 0.4) is 0 Å². The highest BCUT2D eigenvalue weighted by Crippen LogP contribution is 2.17. The van der Waals surface area contributed by atoms with Crippen molar-refractivity contribution < 1.29 is 48.5 Å². The van der Waals surface area contributed by atoms with Crippen molar-refractivity contribution >= 4 is 53.1 Å². The fourth-order valence-corrected chi connectivity index (χ4v) is 8.58. The summed E-state index contributed by atoms with van der Waals surface area (Å²) in [5.74, 6) is -3.29. The van der Waals surface area contributed by atoms with Gasteiger partial charge in [0.1, 0.15) is 18.8 Å². The summed E-state index contributed by atoms with van der Waals surface area (Å²) in [5.41, 5.74) is 3.40. The van der Waals surface area contributed by atoms with Crippen molar-refractivity contribution in [2.45, 2.75) is 173 Å². The molecular formula is C54H76N2O10S. The Bertz CT molecular complexity index is 1840. The molecule has 0 fully saturated rings. The summed E-state index contributed by atoms with van der Waals surface area (Å²) in [6.07, 6.45) is 22.0. The van der Waals surface area contributed by atoms with E-state index in [0.717, 1.165) is 64.2 Å². The number of carbonyl (C=O) groups excluding carboxylic acids is 4. The van der Waals surface area contributed by atoms with Gasteiger partial charge < -0.3 is 30.3 Å². The van der Waals surface area contributed by atoms with Crippen LogP contribution in [0.5, 0.6) is 0 Å². The Kier molecular flexibility index (Phi) is 30.1. The van der Waals surface area contributed by atoms with Crippen molar-refractivity contribution in [3.63, 3.8) is 0 Å². The van der Waals surface area contributed by atoms with Gasteiger partial charge in [-0.2, -0.15) is 11.8 Å². The predicted octanol–water partition coefficient (Wildman–Crippen LogP) is 11.5. The molecule has 2 amide bonds. The van der Waals surface area contributed by atoms with E-state index in [-0.39, 0.29) is 42.9 Å². The first-order valence-electron chi connectivity index (χ1n) is 24.7. The third-order valence-electron chi connectivity index (χ3n) is 11.6. The molecule has 12 nitrogen and oxygen atoms in total. The second-order valence-corrected chi connectivity index (χ2v) is 18.5. The number of thioether (sulfide) groups is 1. The molecular weight excluding hydrogens is 869 g/mol. The number of carboxylic acid groups (broad SMARTS) is 2. The Morgan fingerprint density at radius 2 is 1.01 bits per heavy atom. The van der Waals surface area contributed by atoms with Crippen LogP contribution in [-0.2, 0) is 46.3 Å². The van der Waals surface area contributed by atoms with Gasteiger partial charge in [0.05, 0.1) is 0 Å². The van der Waals surface area contributed by atoms with E-state index in [1.165, 1.54) is 111 Å². The smallest absolute Gasteiger partial charge is 0.326 e. The minimum absolute atomic E-state index is 0.0356. The van der Waals surface area contributed by atoms with Crippen LogP contribution in [0.2, 0.25) is 0 Å². The lowest BCUT2D eigenvalue weighted by Crippen LogP contribution is -2.41. The molecule has 3 aromatic rings. The Morgan fingerprint density at radius 3 is 1.51 bits per heavy atom. The lowest BCUT2D eigenvalue weighted by molar-refractivity contribution is -0.157. The minimum atomic E-state index is -1.35. The van der Waals surface area contributed by atoms with E-state index in [4.69, 9.17) is 14.6 Å². The van der Waals surface area contributed by atoms with Crippen molar-refractivity contribution in [1.29, 1.82) is 0 Å². The standard InChI is InChI=1S/C54H76N2O10S/c57-49(55-46-35-33-45(34-36-46)53(62)56-48(54(63)64)37-38-50(58)59)39-40-67-42-47(66-52(61)32-24-14-10-6-2-4-8-12-18-26-44-29-21-16-22-30-44)41-65-51(60)31-23-13-9-5-1-3-7-11-17-25-43-27-19-15-20-28-43/h15-16,19-22,27-30,33-36,47-48H,1-14,17-18,23-26,31-32,37-42H2,(H,55,57)(H,56,62)(H,58,59)(H,63,64). The number of anilines is 1. The van der Waals surface area contributed by atoms with E-state index in [1.54, 1.807) is 0 Å². The average Bonchev–Trinajstić information content (AvgIpc) is 3.32. The molecule has 3 aromatic carbocycles. The van der Waals surface area contributed by atoms with Crippen LogP contribution in [0, 0.1) is 0 Å². The van der Waals surface area contributed by atoms with E-state index in [2.05, 4.69) is 71.3 Å². The van der Waals surface area contributed by atoms with Crippen molar-refractivity contribution in [2.75, 3.05) is 23.4 Å². The number of hydrogen-bond acceptors (Lipinski definition) is 9. The third kappa shape index (κ3) is 28.6. The molecule has 0 aliphatic rings. The maximum atomic E-state index is 12.9. The van der Waals surface area contributed by atoms with Gasteiger partial charge in [-0.25, -0.2) is 4.79 Å². The second kappa shape index (κ2) is 35.9. The van der Waals surface area contributed by atoms with Crippen molar-refractivity contribution in [1.82, 2.24) is 5.32 Å². The van der Waals surface area contributed by atoms with Gasteiger partial charge in [-0.15, -0.1) is 0 Å². The molecule has 0 bridgehead atoms. The lowest BCUT2D eigenvalue weighted by atomic mass is 10.0. The SMILES string of the molecule is O=C(O)CCC(NC(=O)c1ccc(NC(=O)CCSCC(COC(=O)CCCCCCCCCCCc2ccccc2)OC(=O)CCCCCCCCCCCc2ccccc2)cc1)C(=O)O. The number of carbonyl (C=O) groups is 6. The Balaban J connectivity index is 1.33. The van der Waals surface area contributed by atoms with Crippen LogP contribution in [-0.4, -0.2) is 76.2 Å². The number of hydrogen-bond donors (Lipinski definition) is 4. The van der Waals surface area contributed by atoms with E-state index in [1.807, 2.05) is 0 Å². The number of aliphatic carboxylic acids is 2. The Labute approximate surface area is 403 Å². The van der Waals surface area contributed by atoms with Crippen LogP contribution in [0.15, 0.2) is 84.9 Å². The number of esters is 2. The van der Waals surface area contributed by atoms with Gasteiger partial charge in [0.2, 0.25) is 5.91 Å². The zero-order valence-corrected chi connectivity index (χ0v) is 40.4. The molecule has 2 unspecified atom stereocenters. The topological polar surface area (TPSA) is 185 Å². The van der Waals surface area contributed by atoms with Crippen LogP contribution in [0.1, 0.15) is 169 Å². The maximum Gasteiger partial charge on any atom is 0.326 e. The summed E-state index contributed by atoms with van der Waals surface area (Å²) in [6, 6.07) is 25.8. The molecule has 0 heterocycles. The maximum absolute atomic E-state index is 12.9. The molecule has 3 rings (SSSR count). The van der Waals surface area contributed by atoms with Crippen LogP contribution in [0.4, 0.5) is 5.69 Å². The van der Waals surface area contributed by atoms with Gasteiger partial charge in [-0.05, 0) is 80.3 Å². The number of nitrogens with one attached hydrogen (secondary N) is 2. The first-order chi connectivity index (χ1) is 32.6. The number of aryl methyl sites for hydroxylation is 2. The molecule has 0 aliphatic heterocycles. The van der Waals surface area contributed by atoms with Gasteiger partial charge in [-0.1, -0.05) is 151 Å². The number of rotatable bonds is 39. The van der Waals surface area contributed by atoms with E-state index in [9.17, 15) is 33.9 Å². The highest BCUT2D eigenvalue weighted by Gasteiger charge is 2.22. The molecule has 0 saturated heterocycles. The van der Waals surface area contributed by atoms with E-state index >= 15 is 0 Å². The summed E-state index contributed by atoms with van der Waals surface area (Å²) < 4.78 is 11.4. The Morgan fingerprint density at radius 1 is 0.537 bits per heavy atom. The van der Waals surface area contributed by atoms with Gasteiger partial charge in [0.15, 0.2) is 0 Å². The van der Waals surface area contributed by atoms with Gasteiger partial charge in [0.25, 0.3) is 5.91 Å². The minimum Gasteiger partial charge on any atom is -0.481 e. The summed E-state index contributed by atoms with van der Waals surface area (Å²) in [4.78, 5) is 73.2. The van der Waals surface area contributed by atoms with Crippen LogP contribution in [0.25, 0.3) is 0 Å². The quantitative estimate of drug-likeness (QED) is 0.0315. The average molecular weight is 945 g/mol. The molecule has 0 aliphatic carbocycles. The molecule has 4 N–H and O–H groups in total. The number of ether oxygens (including phenoxy) is 2. The van der Waals surface area contributed by atoms with Crippen molar-refractivity contribution in [2.24, 2.45) is 0 Å². The summed E-state index contributed by atoms with van der Waals surface area (Å²) >= 11 is 1.42. The number of benzene rings is 3. The zero-order valence-electron chi connectivity index (χ0n) is 39.6. The largest absolute Gasteiger partial charge is 0.481 e. The van der Waals surface area contributed by atoms with Crippen molar-refractivity contribution in [3.05, 3.63) is 102 Å². The molecule has 368 valence electrons. The fraction of sp³-hybridized carbons (Fsp3) is 0.556. The van der Waals surface area contributed by atoms with Crippen LogP contribution >= 0.6 is 11.8 Å². The number of carboxylic acids is 2. The highest BCUT2D eigenvalue weighted by atomic mass is 32.2. The van der Waals surface area contributed by atoms with Gasteiger partial charge in [-0.3, -0.25) is 24.0 Å². The molecule has 0 spiro atoms.